The number of rotatable bonds is 5. The van der Waals surface area contributed by atoms with E-state index in [1.54, 1.807) is 0 Å². The zero-order valence-corrected chi connectivity index (χ0v) is 12.3. The second kappa shape index (κ2) is 6.98. The first-order chi connectivity index (χ1) is 10.8. The summed E-state index contributed by atoms with van der Waals surface area (Å²) in [7, 11) is 0. The van der Waals surface area contributed by atoms with Gasteiger partial charge in [0.25, 0.3) is 0 Å². The number of benzene rings is 2. The molecule has 0 fully saturated rings. The summed E-state index contributed by atoms with van der Waals surface area (Å²) in [6.45, 7) is 1.00. The molecular weight excluding hydrogens is 278 g/mol. The van der Waals surface area contributed by atoms with Crippen LogP contribution in [-0.4, -0.2) is 19.1 Å². The van der Waals surface area contributed by atoms with Gasteiger partial charge in [-0.05, 0) is 18.2 Å². The van der Waals surface area contributed by atoms with Crippen molar-refractivity contribution in [1.29, 1.82) is 0 Å². The van der Waals surface area contributed by atoms with Gasteiger partial charge in [-0.3, -0.25) is 4.79 Å². The highest BCUT2D eigenvalue weighted by Crippen LogP contribution is 2.31. The minimum atomic E-state index is -0.00219. The van der Waals surface area contributed by atoms with E-state index in [0.29, 0.717) is 19.6 Å². The first-order valence-corrected chi connectivity index (χ1v) is 7.52. The molecule has 1 atom stereocenters. The fourth-order valence-corrected chi connectivity index (χ4v) is 2.54. The Bertz CT molecular complexity index is 627. The molecule has 4 nitrogen and oxygen atoms in total. The van der Waals surface area contributed by atoms with Crippen molar-refractivity contribution in [2.24, 2.45) is 0 Å². The van der Waals surface area contributed by atoms with Crippen LogP contribution in [0.4, 0.5) is 0 Å². The molecule has 1 heterocycles. The molecule has 0 bridgehead atoms. The summed E-state index contributed by atoms with van der Waals surface area (Å²) < 4.78 is 11.1. The Kier molecular flexibility index (Phi) is 4.59. The van der Waals surface area contributed by atoms with Crippen LogP contribution in [0.2, 0.25) is 0 Å². The van der Waals surface area contributed by atoms with Gasteiger partial charge in [-0.15, -0.1) is 0 Å². The minimum Gasteiger partial charge on any atom is -0.493 e. The Balaban J connectivity index is 1.50. The molecule has 0 saturated heterocycles. The Morgan fingerprint density at radius 3 is 2.77 bits per heavy atom. The van der Waals surface area contributed by atoms with Gasteiger partial charge in [0.15, 0.2) is 0 Å². The number of carbonyl (C=O) groups excluding carboxylic acids is 1. The number of ether oxygens (including phenoxy) is 2. The molecule has 0 spiro atoms. The molecule has 1 unspecified atom stereocenters. The van der Waals surface area contributed by atoms with Crippen LogP contribution in [0.5, 0.6) is 11.5 Å². The van der Waals surface area contributed by atoms with E-state index >= 15 is 0 Å². The van der Waals surface area contributed by atoms with Gasteiger partial charge in [-0.2, -0.15) is 0 Å². The zero-order valence-electron chi connectivity index (χ0n) is 12.3. The van der Waals surface area contributed by atoms with E-state index in [9.17, 15) is 4.79 Å². The number of hydrogen-bond donors (Lipinski definition) is 1. The molecule has 0 saturated carbocycles. The maximum absolute atomic E-state index is 12.1. The normalized spacial score (nSPS) is 16.3. The lowest BCUT2D eigenvalue weighted by molar-refractivity contribution is -0.122. The minimum absolute atomic E-state index is 0.00219. The highest BCUT2D eigenvalue weighted by Gasteiger charge is 2.22. The van der Waals surface area contributed by atoms with Crippen LogP contribution in [0.3, 0.4) is 0 Å². The van der Waals surface area contributed by atoms with Gasteiger partial charge in [0, 0.05) is 12.0 Å². The lowest BCUT2D eigenvalue weighted by Gasteiger charge is -2.26. The van der Waals surface area contributed by atoms with Crippen molar-refractivity contribution in [3.63, 3.8) is 0 Å². The predicted molar refractivity (Wildman–Crippen MR) is 84.0 cm³/mol. The van der Waals surface area contributed by atoms with Gasteiger partial charge in [0.2, 0.25) is 5.91 Å². The molecule has 0 aliphatic carbocycles. The molecule has 2 aromatic rings. The first kappa shape index (κ1) is 14.4. The molecule has 0 radical (unpaired) electrons. The summed E-state index contributed by atoms with van der Waals surface area (Å²) in [5, 5.41) is 3.06. The van der Waals surface area contributed by atoms with Crippen LogP contribution in [0.25, 0.3) is 0 Å². The van der Waals surface area contributed by atoms with E-state index in [1.807, 2.05) is 54.6 Å². The second-order valence-corrected chi connectivity index (χ2v) is 5.21. The number of nitrogens with one attached hydrogen (secondary N) is 1. The number of para-hydroxylation sites is 2. The third kappa shape index (κ3) is 3.58. The summed E-state index contributed by atoms with van der Waals surface area (Å²) in [5.74, 6) is 1.64. The van der Waals surface area contributed by atoms with E-state index in [2.05, 4.69) is 5.32 Å². The topological polar surface area (TPSA) is 47.6 Å². The van der Waals surface area contributed by atoms with Crippen LogP contribution < -0.4 is 14.8 Å². The lowest BCUT2D eigenvalue weighted by Crippen LogP contribution is -2.32. The summed E-state index contributed by atoms with van der Waals surface area (Å²) in [5.41, 5.74) is 1.05. The van der Waals surface area contributed by atoms with Crippen molar-refractivity contribution in [2.45, 2.75) is 18.9 Å². The van der Waals surface area contributed by atoms with E-state index in [-0.39, 0.29) is 11.9 Å². The highest BCUT2D eigenvalue weighted by atomic mass is 16.5. The van der Waals surface area contributed by atoms with Gasteiger partial charge < -0.3 is 14.8 Å². The van der Waals surface area contributed by atoms with E-state index in [0.717, 1.165) is 23.5 Å². The van der Waals surface area contributed by atoms with Crippen LogP contribution in [0, 0.1) is 0 Å². The monoisotopic (exact) mass is 297 g/mol. The average molecular weight is 297 g/mol. The van der Waals surface area contributed by atoms with E-state index in [4.69, 9.17) is 9.47 Å². The number of carbonyl (C=O) groups is 1. The molecule has 0 aromatic heterocycles. The second-order valence-electron chi connectivity index (χ2n) is 5.21. The molecule has 1 amide bonds. The molecule has 2 aromatic carbocycles. The summed E-state index contributed by atoms with van der Waals surface area (Å²) in [6.07, 6.45) is 1.14. The van der Waals surface area contributed by atoms with Crippen molar-refractivity contribution in [1.82, 2.24) is 5.32 Å². The standard InChI is InChI=1S/C18H19NO3/c20-18(11-13-21-14-6-2-1-3-7-14)19-16-10-12-22-17-9-5-4-8-15(16)17/h1-9,16H,10-13H2,(H,19,20). The SMILES string of the molecule is O=C(CCOc1ccccc1)NC1CCOc2ccccc21. The zero-order chi connectivity index (χ0) is 15.2. The van der Waals surface area contributed by atoms with Crippen molar-refractivity contribution in [2.75, 3.05) is 13.2 Å². The summed E-state index contributed by atoms with van der Waals surface area (Å²) >= 11 is 0. The van der Waals surface area contributed by atoms with Gasteiger partial charge in [0.05, 0.1) is 25.7 Å². The number of hydrogen-bond acceptors (Lipinski definition) is 3. The molecule has 3 rings (SSSR count). The van der Waals surface area contributed by atoms with Gasteiger partial charge in [-0.1, -0.05) is 36.4 Å². The van der Waals surface area contributed by atoms with Crippen molar-refractivity contribution in [3.8, 4) is 11.5 Å². The molecule has 4 heteroatoms. The molecule has 1 N–H and O–H groups in total. The predicted octanol–water partition coefficient (Wildman–Crippen LogP) is 3.10. The van der Waals surface area contributed by atoms with Crippen LogP contribution in [0.15, 0.2) is 54.6 Å². The van der Waals surface area contributed by atoms with Crippen molar-refractivity contribution in [3.05, 3.63) is 60.2 Å². The maximum atomic E-state index is 12.1. The van der Waals surface area contributed by atoms with Gasteiger partial charge >= 0.3 is 0 Å². The van der Waals surface area contributed by atoms with Crippen molar-refractivity contribution >= 4 is 5.91 Å². The smallest absolute Gasteiger partial charge is 0.223 e. The van der Waals surface area contributed by atoms with Crippen LogP contribution in [0.1, 0.15) is 24.4 Å². The quantitative estimate of drug-likeness (QED) is 0.922. The van der Waals surface area contributed by atoms with E-state index in [1.165, 1.54) is 0 Å². The fourth-order valence-electron chi connectivity index (χ4n) is 2.54. The summed E-state index contributed by atoms with van der Waals surface area (Å²) in [4.78, 5) is 12.1. The van der Waals surface area contributed by atoms with E-state index < -0.39 is 0 Å². The molecular formula is C18H19NO3. The Morgan fingerprint density at radius 2 is 1.91 bits per heavy atom. The number of fused-ring (bicyclic) bond motifs is 1. The van der Waals surface area contributed by atoms with Gasteiger partial charge in [-0.25, -0.2) is 0 Å². The highest BCUT2D eigenvalue weighted by molar-refractivity contribution is 5.76. The first-order valence-electron chi connectivity index (χ1n) is 7.52. The van der Waals surface area contributed by atoms with Crippen molar-refractivity contribution < 1.29 is 14.3 Å². The third-order valence-corrected chi connectivity index (χ3v) is 3.63. The maximum Gasteiger partial charge on any atom is 0.223 e. The average Bonchev–Trinajstić information content (AvgIpc) is 2.56. The largest absolute Gasteiger partial charge is 0.493 e. The molecule has 1 aliphatic heterocycles. The Hall–Kier alpha value is -2.49. The molecule has 114 valence electrons. The van der Waals surface area contributed by atoms with Crippen LogP contribution >= 0.6 is 0 Å². The lowest BCUT2D eigenvalue weighted by atomic mass is 10.0. The summed E-state index contributed by atoms with van der Waals surface area (Å²) in [6, 6.07) is 17.4. The number of amides is 1. The van der Waals surface area contributed by atoms with Crippen LogP contribution in [-0.2, 0) is 4.79 Å². The molecule has 1 aliphatic rings. The fraction of sp³-hybridized carbons (Fsp3) is 0.278. The van der Waals surface area contributed by atoms with Gasteiger partial charge in [0.1, 0.15) is 11.5 Å². The Labute approximate surface area is 130 Å². The third-order valence-electron chi connectivity index (χ3n) is 3.63. The molecule has 22 heavy (non-hydrogen) atoms. The Morgan fingerprint density at radius 1 is 1.14 bits per heavy atom.